The molecular formula is C31H39N3O7SSi. The summed E-state index contributed by atoms with van der Waals surface area (Å²) in [6, 6.07) is 12.8. The minimum absolute atomic E-state index is 0.0454. The van der Waals surface area contributed by atoms with Gasteiger partial charge in [-0.05, 0) is 64.5 Å². The molecular weight excluding hydrogens is 587 g/mol. The van der Waals surface area contributed by atoms with Crippen LogP contribution in [0.2, 0.25) is 19.6 Å². The second-order valence-electron chi connectivity index (χ2n) is 12.2. The standard InChI is InChI=1S/C31H39N3O7SSi/c1-8-32(9-2)28(35)22-12-10-11-13-23(22)42-27-25(30(37)38)33-26(24(29(33)36)19(3)41-43(5,6)7)31(27,4)18-20-14-16-21(17-15-20)34(39)40/h10-17,19,24,26H,8-9,18H2,1-7H3,(H,37,38)/t19?,24?,26-,31?/m0/s1. The predicted octanol–water partition coefficient (Wildman–Crippen LogP) is 5.79. The number of aliphatic carboxylic acids is 1. The molecule has 0 aliphatic carbocycles. The van der Waals surface area contributed by atoms with Crippen LogP contribution in [0.1, 0.15) is 43.6 Å². The monoisotopic (exact) mass is 625 g/mol. The van der Waals surface area contributed by atoms with Crippen LogP contribution in [0.25, 0.3) is 0 Å². The summed E-state index contributed by atoms with van der Waals surface area (Å²) in [4.78, 5) is 55.0. The highest BCUT2D eigenvalue weighted by Crippen LogP contribution is 2.60. The van der Waals surface area contributed by atoms with E-state index in [1.54, 1.807) is 41.3 Å². The number of nitro benzene ring substituents is 1. The van der Waals surface area contributed by atoms with Crippen molar-refractivity contribution < 1.29 is 28.8 Å². The molecule has 2 heterocycles. The van der Waals surface area contributed by atoms with Crippen molar-refractivity contribution in [2.24, 2.45) is 11.3 Å². The number of benzene rings is 2. The van der Waals surface area contributed by atoms with Gasteiger partial charge >= 0.3 is 5.97 Å². The lowest BCUT2D eigenvalue weighted by Gasteiger charge is -2.52. The van der Waals surface area contributed by atoms with E-state index in [2.05, 4.69) is 0 Å². The summed E-state index contributed by atoms with van der Waals surface area (Å²) in [6.07, 6.45) is -0.117. The third kappa shape index (κ3) is 6.13. The number of fused-ring (bicyclic) bond motifs is 1. The van der Waals surface area contributed by atoms with Crippen LogP contribution in [-0.4, -0.2) is 71.2 Å². The minimum Gasteiger partial charge on any atom is -0.477 e. The van der Waals surface area contributed by atoms with Crippen molar-refractivity contribution in [1.29, 1.82) is 0 Å². The Morgan fingerprint density at radius 3 is 2.28 bits per heavy atom. The zero-order valence-electron chi connectivity index (χ0n) is 25.6. The number of thioether (sulfide) groups is 1. The van der Waals surface area contributed by atoms with Gasteiger partial charge in [-0.15, -0.1) is 0 Å². The van der Waals surface area contributed by atoms with Crippen molar-refractivity contribution in [1.82, 2.24) is 9.80 Å². The van der Waals surface area contributed by atoms with Crippen molar-refractivity contribution in [2.45, 2.75) is 70.8 Å². The first-order valence-corrected chi connectivity index (χ1v) is 18.7. The maximum Gasteiger partial charge on any atom is 0.353 e. The van der Waals surface area contributed by atoms with Gasteiger partial charge in [-0.2, -0.15) is 0 Å². The molecule has 0 spiro atoms. The van der Waals surface area contributed by atoms with E-state index in [-0.39, 0.29) is 23.2 Å². The molecule has 12 heteroatoms. The van der Waals surface area contributed by atoms with Gasteiger partial charge in [-0.1, -0.05) is 43.0 Å². The first kappa shape index (κ1) is 32.4. The first-order valence-electron chi connectivity index (χ1n) is 14.4. The van der Waals surface area contributed by atoms with Crippen molar-refractivity contribution >= 4 is 43.6 Å². The average Bonchev–Trinajstić information content (AvgIpc) is 3.13. The van der Waals surface area contributed by atoms with Crippen molar-refractivity contribution in [3.05, 3.63) is 80.4 Å². The van der Waals surface area contributed by atoms with Gasteiger partial charge in [0.25, 0.3) is 11.6 Å². The van der Waals surface area contributed by atoms with Crippen LogP contribution in [-0.2, 0) is 20.4 Å². The second kappa shape index (κ2) is 12.3. The molecule has 0 saturated carbocycles. The van der Waals surface area contributed by atoms with Gasteiger partial charge in [0.15, 0.2) is 8.32 Å². The van der Waals surface area contributed by atoms with Crippen LogP contribution in [0.5, 0.6) is 0 Å². The van der Waals surface area contributed by atoms with Crippen LogP contribution < -0.4 is 0 Å². The van der Waals surface area contributed by atoms with E-state index < -0.39 is 42.7 Å². The Labute approximate surface area is 257 Å². The summed E-state index contributed by atoms with van der Waals surface area (Å²) in [7, 11) is -2.04. The fourth-order valence-corrected chi connectivity index (χ4v) is 8.88. The zero-order valence-corrected chi connectivity index (χ0v) is 27.4. The largest absolute Gasteiger partial charge is 0.477 e. The Morgan fingerprint density at radius 2 is 1.74 bits per heavy atom. The molecule has 230 valence electrons. The highest BCUT2D eigenvalue weighted by Gasteiger charge is 2.66. The number of non-ortho nitro benzene ring substituents is 1. The lowest BCUT2D eigenvalue weighted by molar-refractivity contribution is -0.384. The maximum absolute atomic E-state index is 13.7. The maximum atomic E-state index is 13.7. The number of carbonyl (C=O) groups excluding carboxylic acids is 2. The number of carboxylic acid groups (broad SMARTS) is 1. The highest BCUT2D eigenvalue weighted by atomic mass is 32.2. The van der Waals surface area contributed by atoms with E-state index in [0.29, 0.717) is 34.9 Å². The molecule has 1 saturated heterocycles. The summed E-state index contributed by atoms with van der Waals surface area (Å²) in [6.45, 7) is 14.8. The highest BCUT2D eigenvalue weighted by molar-refractivity contribution is 8.03. The number of hydrogen-bond acceptors (Lipinski definition) is 7. The lowest BCUT2D eigenvalue weighted by Crippen LogP contribution is -2.67. The molecule has 0 aromatic heterocycles. The second-order valence-corrected chi connectivity index (χ2v) is 17.7. The van der Waals surface area contributed by atoms with Crippen LogP contribution in [0.3, 0.4) is 0 Å². The van der Waals surface area contributed by atoms with Gasteiger partial charge in [0.1, 0.15) is 5.70 Å². The fourth-order valence-electron chi connectivity index (χ4n) is 6.28. The number of nitro groups is 1. The predicted molar refractivity (Wildman–Crippen MR) is 167 cm³/mol. The zero-order chi connectivity index (χ0) is 31.9. The van der Waals surface area contributed by atoms with E-state index in [1.165, 1.54) is 28.8 Å². The summed E-state index contributed by atoms with van der Waals surface area (Å²) < 4.78 is 6.35. The number of hydrogen-bond donors (Lipinski definition) is 1. The average molecular weight is 626 g/mol. The summed E-state index contributed by atoms with van der Waals surface area (Å²) in [5.74, 6) is -2.26. The Kier molecular flexibility index (Phi) is 9.24. The van der Waals surface area contributed by atoms with E-state index in [9.17, 15) is 29.6 Å². The molecule has 1 N–H and O–H groups in total. The third-order valence-corrected chi connectivity index (χ3v) is 10.6. The van der Waals surface area contributed by atoms with Gasteiger partial charge < -0.3 is 19.3 Å². The van der Waals surface area contributed by atoms with Crippen LogP contribution >= 0.6 is 11.8 Å². The van der Waals surface area contributed by atoms with Crippen LogP contribution in [0.15, 0.2) is 64.0 Å². The molecule has 4 atom stereocenters. The fraction of sp³-hybridized carbons (Fsp3) is 0.452. The Hall–Kier alpha value is -3.48. The topological polar surface area (TPSA) is 130 Å². The molecule has 2 amide bonds. The Bertz CT molecular complexity index is 1470. The Morgan fingerprint density at radius 1 is 1.14 bits per heavy atom. The molecule has 3 unspecified atom stereocenters. The normalized spacial score (nSPS) is 22.2. The van der Waals surface area contributed by atoms with E-state index in [0.717, 1.165) is 5.56 Å². The molecule has 2 aromatic carbocycles. The molecule has 0 radical (unpaired) electrons. The molecule has 10 nitrogen and oxygen atoms in total. The molecule has 4 rings (SSSR count). The van der Waals surface area contributed by atoms with Gasteiger partial charge in [0.05, 0.1) is 28.6 Å². The van der Waals surface area contributed by atoms with Gasteiger partial charge in [0, 0.05) is 40.4 Å². The quantitative estimate of drug-likeness (QED) is 0.136. The van der Waals surface area contributed by atoms with Crippen molar-refractivity contribution in [3.63, 3.8) is 0 Å². The van der Waals surface area contributed by atoms with Crippen molar-refractivity contribution in [3.8, 4) is 0 Å². The van der Waals surface area contributed by atoms with E-state index in [1.807, 2.05) is 47.3 Å². The van der Waals surface area contributed by atoms with E-state index >= 15 is 0 Å². The smallest absolute Gasteiger partial charge is 0.353 e. The van der Waals surface area contributed by atoms with E-state index in [4.69, 9.17) is 4.43 Å². The number of β-lactam (4-membered cyclic amide) rings is 1. The SMILES string of the molecule is CCN(CC)C(=O)c1ccccc1SC1=C(C(=O)O)N2C(=O)C(C(C)O[Si](C)(C)C)[C@H]2C1(C)Cc1ccc([N+](=O)[O-])cc1. The molecule has 1 fully saturated rings. The van der Waals surface area contributed by atoms with Crippen LogP contribution in [0, 0.1) is 21.4 Å². The summed E-state index contributed by atoms with van der Waals surface area (Å²) in [5.41, 5.74) is 0.193. The summed E-state index contributed by atoms with van der Waals surface area (Å²) in [5, 5.41) is 21.8. The number of carboxylic acids is 1. The van der Waals surface area contributed by atoms with Gasteiger partial charge in [-0.25, -0.2) is 4.79 Å². The van der Waals surface area contributed by atoms with Crippen LogP contribution in [0.4, 0.5) is 5.69 Å². The molecule has 0 bridgehead atoms. The Balaban J connectivity index is 1.85. The number of carbonyl (C=O) groups is 3. The van der Waals surface area contributed by atoms with Crippen molar-refractivity contribution in [2.75, 3.05) is 13.1 Å². The summed E-state index contributed by atoms with van der Waals surface area (Å²) >= 11 is 1.21. The number of amides is 2. The number of nitrogens with zero attached hydrogens (tertiary/aromatic N) is 3. The minimum atomic E-state index is -2.04. The molecule has 2 aromatic rings. The molecule has 2 aliphatic heterocycles. The first-order chi connectivity index (χ1) is 20.1. The molecule has 43 heavy (non-hydrogen) atoms. The number of rotatable bonds is 12. The van der Waals surface area contributed by atoms with Gasteiger partial charge in [-0.3, -0.25) is 19.7 Å². The molecule has 2 aliphatic rings. The third-order valence-electron chi connectivity index (χ3n) is 8.11. The lowest BCUT2D eigenvalue weighted by atomic mass is 9.67. The van der Waals surface area contributed by atoms with Gasteiger partial charge in [0.2, 0.25) is 5.91 Å².